The van der Waals surface area contributed by atoms with Crippen molar-refractivity contribution in [2.24, 2.45) is 0 Å². The summed E-state index contributed by atoms with van der Waals surface area (Å²) in [5, 5.41) is 3.40. The molecule has 0 aliphatic carbocycles. The van der Waals surface area contributed by atoms with Crippen LogP contribution in [0.2, 0.25) is 0 Å². The Labute approximate surface area is 150 Å². The van der Waals surface area contributed by atoms with E-state index < -0.39 is 11.9 Å². The Kier molecular flexibility index (Phi) is 5.26. The molecule has 9 heteroatoms. The van der Waals surface area contributed by atoms with Crippen LogP contribution in [-0.4, -0.2) is 53.1 Å². The molecule has 0 saturated carbocycles. The number of rotatable bonds is 5. The second-order valence-corrected chi connectivity index (χ2v) is 6.55. The number of anilines is 2. The normalized spacial score (nSPS) is 18.1. The zero-order valence-electron chi connectivity index (χ0n) is 14.7. The summed E-state index contributed by atoms with van der Waals surface area (Å²) in [6, 6.07) is 4.59. The highest BCUT2D eigenvalue weighted by Crippen LogP contribution is 2.27. The molecule has 2 aromatic rings. The average molecular weight is 366 g/mol. The quantitative estimate of drug-likeness (QED) is 0.878. The maximum atomic E-state index is 12.6. The van der Waals surface area contributed by atoms with E-state index in [1.54, 1.807) is 6.20 Å². The van der Waals surface area contributed by atoms with E-state index in [9.17, 15) is 13.2 Å². The number of pyridine rings is 1. The lowest BCUT2D eigenvalue weighted by molar-refractivity contribution is -0.141. The smallest absolute Gasteiger partial charge is 0.366 e. The van der Waals surface area contributed by atoms with Gasteiger partial charge in [-0.25, -0.2) is 4.98 Å². The molecule has 6 nitrogen and oxygen atoms in total. The van der Waals surface area contributed by atoms with Crippen molar-refractivity contribution >= 4 is 11.8 Å². The molecule has 3 rings (SSSR count). The first kappa shape index (κ1) is 18.4. The van der Waals surface area contributed by atoms with Gasteiger partial charge < -0.3 is 10.2 Å². The number of hydrogen-bond acceptors (Lipinski definition) is 6. The van der Waals surface area contributed by atoms with E-state index in [0.29, 0.717) is 12.5 Å². The molecule has 0 aromatic carbocycles. The topological polar surface area (TPSA) is 57.2 Å². The summed E-state index contributed by atoms with van der Waals surface area (Å²) in [5.41, 5.74) is -0.0850. The van der Waals surface area contributed by atoms with Crippen LogP contribution in [-0.2, 0) is 12.7 Å². The van der Waals surface area contributed by atoms with Gasteiger partial charge in [-0.3, -0.25) is 9.88 Å². The van der Waals surface area contributed by atoms with Gasteiger partial charge in [-0.15, -0.1) is 0 Å². The van der Waals surface area contributed by atoms with Crippen LogP contribution in [0.4, 0.5) is 24.9 Å². The fraction of sp³-hybridized carbons (Fsp3) is 0.471. The number of likely N-dealkylation sites (tertiary alicyclic amines) is 1. The standard InChI is InChI=1S/C17H21F3N6/c1-25(2)16-21-7-5-15(24-16)23-13-6-8-26(11-13)10-12-3-4-14(22-9-12)17(18,19)20/h3-5,7,9,13H,6,8,10-11H2,1-2H3,(H,21,23,24). The highest BCUT2D eigenvalue weighted by atomic mass is 19.4. The van der Waals surface area contributed by atoms with Crippen molar-refractivity contribution in [2.75, 3.05) is 37.4 Å². The molecule has 3 heterocycles. The van der Waals surface area contributed by atoms with Crippen LogP contribution in [0.15, 0.2) is 30.6 Å². The van der Waals surface area contributed by atoms with E-state index in [2.05, 4.69) is 25.2 Å². The van der Waals surface area contributed by atoms with E-state index in [-0.39, 0.29) is 6.04 Å². The van der Waals surface area contributed by atoms with Gasteiger partial charge in [-0.2, -0.15) is 18.2 Å². The number of aromatic nitrogens is 3. The van der Waals surface area contributed by atoms with Crippen LogP contribution in [0.25, 0.3) is 0 Å². The molecule has 1 fully saturated rings. The predicted molar refractivity (Wildman–Crippen MR) is 92.9 cm³/mol. The molecule has 26 heavy (non-hydrogen) atoms. The number of hydrogen-bond donors (Lipinski definition) is 1. The first-order valence-electron chi connectivity index (χ1n) is 8.32. The molecule has 1 N–H and O–H groups in total. The molecule has 2 aromatic heterocycles. The SMILES string of the molecule is CN(C)c1nccc(NC2CCN(Cc3ccc(C(F)(F)F)nc3)C2)n1. The van der Waals surface area contributed by atoms with Crippen LogP contribution in [0.3, 0.4) is 0 Å². The third-order valence-electron chi connectivity index (χ3n) is 4.19. The molecule has 1 saturated heterocycles. The number of halogens is 3. The second-order valence-electron chi connectivity index (χ2n) is 6.55. The lowest BCUT2D eigenvalue weighted by atomic mass is 10.2. The van der Waals surface area contributed by atoms with Gasteiger partial charge in [0.25, 0.3) is 0 Å². The Morgan fingerprint density at radius 1 is 1.23 bits per heavy atom. The van der Waals surface area contributed by atoms with E-state index in [1.807, 2.05) is 25.1 Å². The first-order chi connectivity index (χ1) is 12.3. The van der Waals surface area contributed by atoms with Gasteiger partial charge in [0.05, 0.1) is 0 Å². The van der Waals surface area contributed by atoms with Crippen molar-refractivity contribution in [1.82, 2.24) is 19.9 Å². The van der Waals surface area contributed by atoms with Gasteiger partial charge in [0.1, 0.15) is 11.5 Å². The van der Waals surface area contributed by atoms with Crippen molar-refractivity contribution in [1.29, 1.82) is 0 Å². The molecule has 0 spiro atoms. The average Bonchev–Trinajstić information content (AvgIpc) is 3.01. The Hall–Kier alpha value is -2.42. The van der Waals surface area contributed by atoms with Crippen molar-refractivity contribution in [3.8, 4) is 0 Å². The molecule has 0 amide bonds. The van der Waals surface area contributed by atoms with Gasteiger partial charge >= 0.3 is 6.18 Å². The van der Waals surface area contributed by atoms with Crippen molar-refractivity contribution in [2.45, 2.75) is 25.2 Å². The minimum Gasteiger partial charge on any atom is -0.366 e. The summed E-state index contributed by atoms with van der Waals surface area (Å²) >= 11 is 0. The minimum atomic E-state index is -4.40. The Bertz CT molecular complexity index is 732. The molecule has 140 valence electrons. The molecule has 1 aliphatic rings. The molecule has 1 atom stereocenters. The number of nitrogens with zero attached hydrogens (tertiary/aromatic N) is 5. The fourth-order valence-electron chi connectivity index (χ4n) is 2.89. The largest absolute Gasteiger partial charge is 0.433 e. The van der Waals surface area contributed by atoms with Gasteiger partial charge in [-0.05, 0) is 24.1 Å². The van der Waals surface area contributed by atoms with E-state index >= 15 is 0 Å². The van der Waals surface area contributed by atoms with Crippen LogP contribution >= 0.6 is 0 Å². The molecule has 0 radical (unpaired) electrons. The number of alkyl halides is 3. The minimum absolute atomic E-state index is 0.238. The highest BCUT2D eigenvalue weighted by molar-refractivity contribution is 5.41. The summed E-state index contributed by atoms with van der Waals surface area (Å²) in [7, 11) is 3.77. The summed E-state index contributed by atoms with van der Waals surface area (Å²) in [6.45, 7) is 2.24. The molecule has 0 bridgehead atoms. The summed E-state index contributed by atoms with van der Waals surface area (Å²) < 4.78 is 37.7. The summed E-state index contributed by atoms with van der Waals surface area (Å²) in [6.07, 6.45) is -0.442. The van der Waals surface area contributed by atoms with Crippen LogP contribution in [0.1, 0.15) is 17.7 Å². The number of nitrogens with one attached hydrogen (secondary N) is 1. The highest BCUT2D eigenvalue weighted by Gasteiger charge is 2.32. The Morgan fingerprint density at radius 2 is 2.04 bits per heavy atom. The lowest BCUT2D eigenvalue weighted by Crippen LogP contribution is -2.26. The van der Waals surface area contributed by atoms with Crippen LogP contribution in [0, 0.1) is 0 Å². The molecule has 1 unspecified atom stereocenters. The van der Waals surface area contributed by atoms with E-state index in [1.165, 1.54) is 12.3 Å². The van der Waals surface area contributed by atoms with Crippen LogP contribution in [0.5, 0.6) is 0 Å². The molecular weight excluding hydrogens is 345 g/mol. The molecular formula is C17H21F3N6. The van der Waals surface area contributed by atoms with E-state index in [4.69, 9.17) is 0 Å². The zero-order valence-corrected chi connectivity index (χ0v) is 14.7. The van der Waals surface area contributed by atoms with Gasteiger partial charge in [0.2, 0.25) is 5.95 Å². The zero-order chi connectivity index (χ0) is 18.7. The van der Waals surface area contributed by atoms with Crippen molar-refractivity contribution < 1.29 is 13.2 Å². The third-order valence-corrected chi connectivity index (χ3v) is 4.19. The summed E-state index contributed by atoms with van der Waals surface area (Å²) in [5.74, 6) is 1.41. The third kappa shape index (κ3) is 4.60. The van der Waals surface area contributed by atoms with Gasteiger partial charge in [-0.1, -0.05) is 6.07 Å². The second kappa shape index (κ2) is 7.45. The predicted octanol–water partition coefficient (Wildman–Crippen LogP) is 2.64. The fourth-order valence-corrected chi connectivity index (χ4v) is 2.89. The summed E-state index contributed by atoms with van der Waals surface area (Å²) in [4.78, 5) is 16.2. The Balaban J connectivity index is 1.55. The monoisotopic (exact) mass is 366 g/mol. The van der Waals surface area contributed by atoms with Gasteiger partial charge in [0.15, 0.2) is 0 Å². The first-order valence-corrected chi connectivity index (χ1v) is 8.32. The lowest BCUT2D eigenvalue weighted by Gasteiger charge is -2.18. The maximum absolute atomic E-state index is 12.6. The Morgan fingerprint density at radius 3 is 2.69 bits per heavy atom. The maximum Gasteiger partial charge on any atom is 0.433 e. The van der Waals surface area contributed by atoms with Crippen molar-refractivity contribution in [3.05, 3.63) is 41.9 Å². The van der Waals surface area contributed by atoms with Crippen molar-refractivity contribution in [3.63, 3.8) is 0 Å². The van der Waals surface area contributed by atoms with E-state index in [0.717, 1.165) is 37.0 Å². The molecule has 1 aliphatic heterocycles. The van der Waals surface area contributed by atoms with Crippen LogP contribution < -0.4 is 10.2 Å². The van der Waals surface area contributed by atoms with Gasteiger partial charge in [0, 0.05) is 52.2 Å².